The molecule has 2 aliphatic rings. The van der Waals surface area contributed by atoms with Gasteiger partial charge in [-0.25, -0.2) is 0 Å². The molecule has 1 aromatic rings. The van der Waals surface area contributed by atoms with Crippen molar-refractivity contribution in [1.29, 1.82) is 0 Å². The molecule has 0 radical (unpaired) electrons. The molecule has 0 bridgehead atoms. The Morgan fingerprint density at radius 3 is 2.62 bits per heavy atom. The van der Waals surface area contributed by atoms with Gasteiger partial charge in [-0.3, -0.25) is 9.59 Å². The number of hydrogen-bond acceptors (Lipinski definition) is 4. The van der Waals surface area contributed by atoms with Crippen LogP contribution in [0.3, 0.4) is 0 Å². The van der Waals surface area contributed by atoms with Crippen molar-refractivity contribution in [3.05, 3.63) is 30.3 Å². The maximum absolute atomic E-state index is 12.3. The molecule has 2 amide bonds. The van der Waals surface area contributed by atoms with Crippen molar-refractivity contribution >= 4 is 11.8 Å². The summed E-state index contributed by atoms with van der Waals surface area (Å²) in [5, 5.41) is 6.45. The summed E-state index contributed by atoms with van der Waals surface area (Å²) in [5.74, 6) is 1.06. The second kappa shape index (κ2) is 9.57. The van der Waals surface area contributed by atoms with Gasteiger partial charge in [-0.2, -0.15) is 0 Å². The molecule has 0 aromatic heterocycles. The van der Waals surface area contributed by atoms with E-state index in [9.17, 15) is 9.59 Å². The number of likely N-dealkylation sites (tertiary alicyclic amines) is 1. The van der Waals surface area contributed by atoms with Crippen molar-refractivity contribution in [3.8, 4) is 5.75 Å². The number of rotatable bonds is 7. The molecule has 0 aliphatic carbocycles. The third kappa shape index (κ3) is 5.46. The number of nitrogens with zero attached hydrogens (tertiary/aromatic N) is 1. The second-order valence-electron chi connectivity index (χ2n) is 7.11. The molecule has 0 spiro atoms. The van der Waals surface area contributed by atoms with Crippen molar-refractivity contribution in [2.24, 2.45) is 5.92 Å². The van der Waals surface area contributed by atoms with Gasteiger partial charge >= 0.3 is 0 Å². The lowest BCUT2D eigenvalue weighted by molar-refractivity contribution is -0.136. The van der Waals surface area contributed by atoms with E-state index in [2.05, 4.69) is 10.6 Å². The van der Waals surface area contributed by atoms with E-state index in [-0.39, 0.29) is 17.7 Å². The Hall–Kier alpha value is -2.08. The first-order chi connectivity index (χ1) is 12.7. The number of piperidine rings is 1. The molecule has 26 heavy (non-hydrogen) atoms. The lowest BCUT2D eigenvalue weighted by atomic mass is 9.95. The highest BCUT2D eigenvalue weighted by atomic mass is 16.5. The van der Waals surface area contributed by atoms with Gasteiger partial charge in [-0.05, 0) is 44.4 Å². The molecule has 2 aliphatic heterocycles. The molecule has 0 saturated carbocycles. The highest BCUT2D eigenvalue weighted by Gasteiger charge is 2.27. The molecule has 6 heteroatoms. The molecule has 1 atom stereocenters. The largest absolute Gasteiger partial charge is 0.493 e. The lowest BCUT2D eigenvalue weighted by Crippen LogP contribution is -2.45. The van der Waals surface area contributed by atoms with E-state index >= 15 is 0 Å². The smallest absolute Gasteiger partial charge is 0.225 e. The number of para-hydroxylation sites is 1. The van der Waals surface area contributed by atoms with E-state index in [1.54, 1.807) is 0 Å². The summed E-state index contributed by atoms with van der Waals surface area (Å²) in [5.41, 5.74) is 0. The van der Waals surface area contributed by atoms with Crippen LogP contribution in [0, 0.1) is 5.92 Å². The normalized spacial score (nSPS) is 20.8. The second-order valence-corrected chi connectivity index (χ2v) is 7.11. The summed E-state index contributed by atoms with van der Waals surface area (Å²) < 4.78 is 5.59. The monoisotopic (exact) mass is 359 g/mol. The maximum Gasteiger partial charge on any atom is 0.225 e. The summed E-state index contributed by atoms with van der Waals surface area (Å²) in [6.45, 7) is 3.47. The number of amides is 2. The minimum absolute atomic E-state index is 0.0287. The van der Waals surface area contributed by atoms with E-state index in [4.69, 9.17) is 4.74 Å². The zero-order valence-corrected chi connectivity index (χ0v) is 15.3. The number of carbonyl (C=O) groups is 2. The first kappa shape index (κ1) is 18.7. The fraction of sp³-hybridized carbons (Fsp3) is 0.600. The Kier molecular flexibility index (Phi) is 6.89. The Labute approximate surface area is 155 Å². The van der Waals surface area contributed by atoms with Crippen LogP contribution in [0.2, 0.25) is 0 Å². The van der Waals surface area contributed by atoms with Crippen molar-refractivity contribution in [1.82, 2.24) is 15.5 Å². The fourth-order valence-electron chi connectivity index (χ4n) is 3.62. The predicted molar refractivity (Wildman–Crippen MR) is 99.9 cm³/mol. The molecule has 2 fully saturated rings. The first-order valence-electron chi connectivity index (χ1n) is 9.69. The van der Waals surface area contributed by atoms with Gasteiger partial charge in [0.2, 0.25) is 11.8 Å². The van der Waals surface area contributed by atoms with Crippen LogP contribution >= 0.6 is 0 Å². The Bertz CT molecular complexity index is 579. The molecule has 142 valence electrons. The fourth-order valence-corrected chi connectivity index (χ4v) is 3.62. The van der Waals surface area contributed by atoms with Gasteiger partial charge in [0.25, 0.3) is 0 Å². The summed E-state index contributed by atoms with van der Waals surface area (Å²) >= 11 is 0. The first-order valence-corrected chi connectivity index (χ1v) is 9.69. The summed E-state index contributed by atoms with van der Waals surface area (Å²) in [4.78, 5) is 26.5. The molecule has 2 N–H and O–H groups in total. The molecular weight excluding hydrogens is 330 g/mol. The van der Waals surface area contributed by atoms with E-state index in [0.717, 1.165) is 38.1 Å². The van der Waals surface area contributed by atoms with Crippen LogP contribution < -0.4 is 15.4 Å². The van der Waals surface area contributed by atoms with Gasteiger partial charge < -0.3 is 20.3 Å². The topological polar surface area (TPSA) is 70.7 Å². The molecule has 2 heterocycles. The molecule has 1 aromatic carbocycles. The SMILES string of the molecule is O=C(NCC1CCCN1)C1CCN(C(=O)CCOc2ccccc2)CC1. The van der Waals surface area contributed by atoms with Gasteiger partial charge in [-0.1, -0.05) is 18.2 Å². The van der Waals surface area contributed by atoms with Gasteiger partial charge in [-0.15, -0.1) is 0 Å². The van der Waals surface area contributed by atoms with Gasteiger partial charge in [0.15, 0.2) is 0 Å². The van der Waals surface area contributed by atoms with E-state index in [0.29, 0.717) is 32.2 Å². The molecule has 6 nitrogen and oxygen atoms in total. The van der Waals surface area contributed by atoms with Crippen molar-refractivity contribution in [2.75, 3.05) is 32.8 Å². The van der Waals surface area contributed by atoms with Crippen LogP contribution in [0.25, 0.3) is 0 Å². The number of hydrogen-bond donors (Lipinski definition) is 2. The number of benzene rings is 1. The van der Waals surface area contributed by atoms with Crippen molar-refractivity contribution in [3.63, 3.8) is 0 Å². The maximum atomic E-state index is 12.3. The highest BCUT2D eigenvalue weighted by molar-refractivity contribution is 5.80. The van der Waals surface area contributed by atoms with E-state index < -0.39 is 0 Å². The molecular formula is C20H29N3O3. The van der Waals surface area contributed by atoms with Gasteiger partial charge in [0.05, 0.1) is 13.0 Å². The van der Waals surface area contributed by atoms with Crippen molar-refractivity contribution in [2.45, 2.75) is 38.1 Å². The van der Waals surface area contributed by atoms with Gasteiger partial charge in [0.1, 0.15) is 5.75 Å². The van der Waals surface area contributed by atoms with Crippen LogP contribution in [0.4, 0.5) is 0 Å². The van der Waals surface area contributed by atoms with Crippen LogP contribution in [0.15, 0.2) is 30.3 Å². The predicted octanol–water partition coefficient (Wildman–Crippen LogP) is 1.56. The molecule has 1 unspecified atom stereocenters. The minimum atomic E-state index is 0.0287. The van der Waals surface area contributed by atoms with Crippen LogP contribution in [0.1, 0.15) is 32.1 Å². The zero-order valence-electron chi connectivity index (χ0n) is 15.3. The van der Waals surface area contributed by atoms with Crippen LogP contribution in [0.5, 0.6) is 5.75 Å². The molecule has 3 rings (SSSR count). The van der Waals surface area contributed by atoms with Gasteiger partial charge in [0, 0.05) is 31.6 Å². The Morgan fingerprint density at radius 2 is 1.92 bits per heavy atom. The van der Waals surface area contributed by atoms with Crippen molar-refractivity contribution < 1.29 is 14.3 Å². The van der Waals surface area contributed by atoms with E-state index in [1.165, 1.54) is 6.42 Å². The summed E-state index contributed by atoms with van der Waals surface area (Å²) in [6.07, 6.45) is 4.19. The summed E-state index contributed by atoms with van der Waals surface area (Å²) in [6, 6.07) is 9.95. The van der Waals surface area contributed by atoms with Crippen LogP contribution in [-0.2, 0) is 9.59 Å². The minimum Gasteiger partial charge on any atom is -0.493 e. The Balaban J connectivity index is 1.32. The number of nitrogens with one attached hydrogen (secondary N) is 2. The van der Waals surface area contributed by atoms with Crippen LogP contribution in [-0.4, -0.2) is 55.5 Å². The average molecular weight is 359 g/mol. The highest BCUT2D eigenvalue weighted by Crippen LogP contribution is 2.18. The van der Waals surface area contributed by atoms with E-state index in [1.807, 2.05) is 35.2 Å². The molecule has 2 saturated heterocycles. The Morgan fingerprint density at radius 1 is 1.15 bits per heavy atom. The number of carbonyl (C=O) groups excluding carboxylic acids is 2. The lowest BCUT2D eigenvalue weighted by Gasteiger charge is -2.31. The quantitative estimate of drug-likeness (QED) is 0.775. The summed E-state index contributed by atoms with van der Waals surface area (Å²) in [7, 11) is 0. The number of ether oxygens (including phenoxy) is 1. The third-order valence-corrected chi connectivity index (χ3v) is 5.23. The standard InChI is InChI=1S/C20H29N3O3/c24-19(10-14-26-18-6-2-1-3-7-18)23-12-8-16(9-13-23)20(25)22-15-17-5-4-11-21-17/h1-3,6-7,16-17,21H,4-5,8-15H2,(H,22,25). The third-order valence-electron chi connectivity index (χ3n) is 5.23. The zero-order chi connectivity index (χ0) is 18.2. The average Bonchev–Trinajstić information content (AvgIpc) is 3.20.